The Bertz CT molecular complexity index is 1290. The summed E-state index contributed by atoms with van der Waals surface area (Å²) >= 11 is 0. The van der Waals surface area contributed by atoms with Gasteiger partial charge in [0.05, 0.1) is 19.8 Å². The van der Waals surface area contributed by atoms with Crippen LogP contribution in [0.2, 0.25) is 0 Å². The molecule has 0 aliphatic heterocycles. The van der Waals surface area contributed by atoms with Crippen LogP contribution in [0.3, 0.4) is 0 Å². The first-order chi connectivity index (χ1) is 32.7. The number of rotatable bonds is 51. The summed E-state index contributed by atoms with van der Waals surface area (Å²) in [4.78, 5) is 35.3. The zero-order valence-electron chi connectivity index (χ0n) is 42.9. The van der Waals surface area contributed by atoms with Gasteiger partial charge in [0.15, 0.2) is 6.10 Å². The average Bonchev–Trinajstić information content (AvgIpc) is 3.32. The van der Waals surface area contributed by atoms with Crippen LogP contribution in [-0.4, -0.2) is 65.7 Å². The number of carbonyl (C=O) groups is 2. The number of hydrogen-bond donors (Lipinski definition) is 3. The van der Waals surface area contributed by atoms with Gasteiger partial charge in [-0.15, -0.1) is 0 Å². The quantitative estimate of drug-likeness (QED) is 0.0233. The fourth-order valence-electron chi connectivity index (χ4n) is 7.51. The molecule has 3 atom stereocenters. The van der Waals surface area contributed by atoms with Crippen molar-refractivity contribution in [1.82, 2.24) is 0 Å². The maximum atomic E-state index is 12.7. The van der Waals surface area contributed by atoms with Crippen molar-refractivity contribution < 1.29 is 47.8 Å². The van der Waals surface area contributed by atoms with Gasteiger partial charge in [-0.25, -0.2) is 4.57 Å². The molecule has 0 aromatic heterocycles. The van der Waals surface area contributed by atoms with Gasteiger partial charge in [0.25, 0.3) is 0 Å². The Kier molecular flexibility index (Phi) is 49.7. The van der Waals surface area contributed by atoms with Gasteiger partial charge < -0.3 is 24.6 Å². The van der Waals surface area contributed by atoms with E-state index in [1.807, 2.05) is 0 Å². The van der Waals surface area contributed by atoms with E-state index in [1.165, 1.54) is 135 Å². The molecule has 0 heterocycles. The lowest BCUT2D eigenvalue weighted by Crippen LogP contribution is -2.29. The van der Waals surface area contributed by atoms with E-state index in [1.54, 1.807) is 0 Å². The maximum absolute atomic E-state index is 12.7. The molecule has 0 aromatic carbocycles. The Morgan fingerprint density at radius 1 is 0.463 bits per heavy atom. The molecule has 0 aliphatic rings. The molecule has 0 aliphatic carbocycles. The number of carbonyl (C=O) groups excluding carboxylic acids is 2. The normalized spacial score (nSPS) is 14.0. The van der Waals surface area contributed by atoms with Crippen molar-refractivity contribution >= 4 is 19.8 Å². The lowest BCUT2D eigenvalue weighted by atomic mass is 10.0. The van der Waals surface area contributed by atoms with Crippen molar-refractivity contribution in [3.8, 4) is 0 Å². The molecule has 67 heavy (non-hydrogen) atoms. The number of ether oxygens (including phenoxy) is 2. The minimum absolute atomic E-state index is 0.173. The van der Waals surface area contributed by atoms with Crippen molar-refractivity contribution in [2.24, 2.45) is 0 Å². The van der Waals surface area contributed by atoms with Gasteiger partial charge in [-0.2, -0.15) is 0 Å². The molecule has 3 N–H and O–H groups in total. The molecular formula is C56H101O10P. The third-order valence-electron chi connectivity index (χ3n) is 11.7. The minimum Gasteiger partial charge on any atom is -0.462 e. The number of allylic oxidation sites excluding steroid dienone is 10. The molecule has 0 saturated carbocycles. The molecule has 0 aromatic rings. The summed E-state index contributed by atoms with van der Waals surface area (Å²) in [5, 5.41) is 18.4. The van der Waals surface area contributed by atoms with E-state index in [9.17, 15) is 24.2 Å². The van der Waals surface area contributed by atoms with E-state index in [0.717, 1.165) is 70.6 Å². The van der Waals surface area contributed by atoms with Crippen LogP contribution in [0.4, 0.5) is 0 Å². The summed E-state index contributed by atoms with van der Waals surface area (Å²) in [5.41, 5.74) is 0. The highest BCUT2D eigenvalue weighted by Crippen LogP contribution is 2.43. The highest BCUT2D eigenvalue weighted by Gasteiger charge is 2.27. The van der Waals surface area contributed by atoms with Crippen LogP contribution >= 0.6 is 7.82 Å². The van der Waals surface area contributed by atoms with Gasteiger partial charge >= 0.3 is 19.8 Å². The standard InChI is InChI=1S/C56H101O10P/c1-3-5-7-9-11-13-15-17-19-21-23-25-26-28-29-31-33-35-37-39-41-43-45-47-55(59)63-51-54(52-65-67(61,62)64-50-53(58)49-57)66-56(60)48-46-44-42-40-38-36-34-32-30-27-24-22-20-18-16-14-12-10-8-6-4-2/h6,8,12,14,18,20-21,23-24,27,53-54,57-58H,3-5,7,9-11,13,15-17,19,22,25-26,28-52H2,1-2H3,(H,61,62)/b8-6-,14-12-,20-18-,23-21-,27-24-. The number of phosphoric acid groups is 1. The molecule has 0 radical (unpaired) electrons. The summed E-state index contributed by atoms with van der Waals surface area (Å²) in [6.45, 7) is 2.29. The predicted octanol–water partition coefficient (Wildman–Crippen LogP) is 15.8. The topological polar surface area (TPSA) is 149 Å². The van der Waals surface area contributed by atoms with Gasteiger partial charge in [-0.1, -0.05) is 216 Å². The Morgan fingerprint density at radius 2 is 0.821 bits per heavy atom. The molecular weight excluding hydrogens is 864 g/mol. The smallest absolute Gasteiger partial charge is 0.462 e. The molecule has 0 rings (SSSR count). The number of esters is 2. The first-order valence-electron chi connectivity index (χ1n) is 27.2. The zero-order valence-corrected chi connectivity index (χ0v) is 43.8. The second kappa shape index (κ2) is 51.5. The third kappa shape index (κ3) is 51.4. The molecule has 0 fully saturated rings. The highest BCUT2D eigenvalue weighted by molar-refractivity contribution is 7.47. The average molecular weight is 965 g/mol. The van der Waals surface area contributed by atoms with Crippen LogP contribution in [0.15, 0.2) is 60.8 Å². The van der Waals surface area contributed by atoms with Crippen LogP contribution < -0.4 is 0 Å². The molecule has 3 unspecified atom stereocenters. The van der Waals surface area contributed by atoms with Gasteiger partial charge in [0.1, 0.15) is 12.7 Å². The van der Waals surface area contributed by atoms with E-state index < -0.39 is 51.8 Å². The van der Waals surface area contributed by atoms with E-state index >= 15 is 0 Å². The monoisotopic (exact) mass is 965 g/mol. The fraction of sp³-hybridized carbons (Fsp3) is 0.786. The number of hydrogen-bond acceptors (Lipinski definition) is 9. The molecule has 11 heteroatoms. The maximum Gasteiger partial charge on any atom is 0.472 e. The van der Waals surface area contributed by atoms with Crippen LogP contribution in [0, 0.1) is 0 Å². The molecule has 10 nitrogen and oxygen atoms in total. The number of unbranched alkanes of at least 4 members (excludes halogenated alkanes) is 27. The molecule has 390 valence electrons. The summed E-state index contributed by atoms with van der Waals surface area (Å²) < 4.78 is 32.9. The van der Waals surface area contributed by atoms with E-state index in [-0.39, 0.29) is 19.4 Å². The largest absolute Gasteiger partial charge is 0.472 e. The van der Waals surface area contributed by atoms with E-state index in [4.69, 9.17) is 23.6 Å². The van der Waals surface area contributed by atoms with Gasteiger partial charge in [0, 0.05) is 12.8 Å². The summed E-state index contributed by atoms with van der Waals surface area (Å²) in [5.74, 6) is -0.929. The Labute approximate surface area is 410 Å². The molecule has 0 saturated heterocycles. The second-order valence-electron chi connectivity index (χ2n) is 18.2. The summed E-state index contributed by atoms with van der Waals surface area (Å²) in [6, 6.07) is 0. The van der Waals surface area contributed by atoms with Crippen molar-refractivity contribution in [3.63, 3.8) is 0 Å². The van der Waals surface area contributed by atoms with Crippen molar-refractivity contribution in [2.75, 3.05) is 26.4 Å². The van der Waals surface area contributed by atoms with Crippen molar-refractivity contribution in [1.29, 1.82) is 0 Å². The lowest BCUT2D eigenvalue weighted by Gasteiger charge is -2.20. The summed E-state index contributed by atoms with van der Waals surface area (Å²) in [7, 11) is -4.63. The van der Waals surface area contributed by atoms with Gasteiger partial charge in [-0.05, 0) is 77.0 Å². The number of aliphatic hydroxyl groups excluding tert-OH is 2. The molecule has 0 bridgehead atoms. The second-order valence-corrected chi connectivity index (χ2v) is 19.7. The van der Waals surface area contributed by atoms with E-state index in [0.29, 0.717) is 12.8 Å². The minimum atomic E-state index is -4.63. The Hall–Kier alpha value is -2.33. The van der Waals surface area contributed by atoms with Crippen molar-refractivity contribution in [2.45, 2.75) is 257 Å². The first-order valence-corrected chi connectivity index (χ1v) is 28.7. The van der Waals surface area contributed by atoms with Crippen LogP contribution in [0.5, 0.6) is 0 Å². The van der Waals surface area contributed by atoms with Crippen LogP contribution in [0.25, 0.3) is 0 Å². The van der Waals surface area contributed by atoms with Crippen LogP contribution in [-0.2, 0) is 32.7 Å². The zero-order chi connectivity index (χ0) is 49.0. The highest BCUT2D eigenvalue weighted by atomic mass is 31.2. The molecule has 0 spiro atoms. The summed E-state index contributed by atoms with van der Waals surface area (Å²) in [6.07, 6.45) is 60.5. The van der Waals surface area contributed by atoms with Crippen LogP contribution in [0.1, 0.15) is 245 Å². The fourth-order valence-corrected chi connectivity index (χ4v) is 8.30. The van der Waals surface area contributed by atoms with Gasteiger partial charge in [0.2, 0.25) is 0 Å². The Morgan fingerprint density at radius 3 is 1.25 bits per heavy atom. The Balaban J connectivity index is 4.15. The third-order valence-corrected chi connectivity index (χ3v) is 12.6. The SMILES string of the molecule is CC/C=C\C/C=C\C/C=C\C/C=C\CCCCCCCCCCC(=O)OC(COC(=O)CCCCCCCCCCCCC/C=C\CCCCCCCCCC)COP(=O)(O)OCC(O)CO. The van der Waals surface area contributed by atoms with Gasteiger partial charge in [-0.3, -0.25) is 18.6 Å². The van der Waals surface area contributed by atoms with E-state index in [2.05, 4.69) is 74.6 Å². The molecule has 0 amide bonds. The lowest BCUT2D eigenvalue weighted by molar-refractivity contribution is -0.161. The van der Waals surface area contributed by atoms with Crippen molar-refractivity contribution in [3.05, 3.63) is 60.8 Å². The first kappa shape index (κ1) is 64.7. The number of phosphoric ester groups is 1. The number of aliphatic hydroxyl groups is 2. The predicted molar refractivity (Wildman–Crippen MR) is 279 cm³/mol.